The first-order valence-electron chi connectivity index (χ1n) is 7.75. The van der Waals surface area contributed by atoms with Crippen LogP contribution < -0.4 is 0 Å². The average Bonchev–Trinajstić information content (AvgIpc) is 3.03. The van der Waals surface area contributed by atoms with Crippen molar-refractivity contribution >= 4 is 22.8 Å². The van der Waals surface area contributed by atoms with Crippen LogP contribution in [0.5, 0.6) is 0 Å². The van der Waals surface area contributed by atoms with Crippen LogP contribution in [0.2, 0.25) is 0 Å². The number of aromatic amines is 1. The minimum atomic E-state index is 0.749. The third-order valence-corrected chi connectivity index (χ3v) is 4.60. The molecule has 4 aromatic rings. The van der Waals surface area contributed by atoms with Crippen molar-refractivity contribution < 1.29 is 0 Å². The fourth-order valence-electron chi connectivity index (χ4n) is 2.59. The normalized spacial score (nSPS) is 11.0. The summed E-state index contributed by atoms with van der Waals surface area (Å²) in [4.78, 5) is 17.0. The van der Waals surface area contributed by atoms with Gasteiger partial charge in [-0.2, -0.15) is 0 Å². The molecule has 0 spiro atoms. The highest BCUT2D eigenvalue weighted by Gasteiger charge is 2.07. The lowest BCUT2D eigenvalue weighted by molar-refractivity contribution is 0.970. The fourth-order valence-corrected chi connectivity index (χ4v) is 3.40. The smallest absolute Gasteiger partial charge is 0.127 e. The maximum absolute atomic E-state index is 4.61. The van der Waals surface area contributed by atoms with Gasteiger partial charge in [0.1, 0.15) is 16.7 Å². The predicted octanol–water partition coefficient (Wildman–Crippen LogP) is 4.62. The van der Waals surface area contributed by atoms with Gasteiger partial charge in [-0.25, -0.2) is 15.0 Å². The molecule has 0 fully saturated rings. The van der Waals surface area contributed by atoms with E-state index in [1.54, 1.807) is 11.8 Å². The van der Waals surface area contributed by atoms with E-state index in [9.17, 15) is 0 Å². The van der Waals surface area contributed by atoms with Crippen molar-refractivity contribution in [1.29, 1.82) is 0 Å². The van der Waals surface area contributed by atoms with E-state index >= 15 is 0 Å². The second-order valence-corrected chi connectivity index (χ2v) is 6.49. The van der Waals surface area contributed by atoms with Gasteiger partial charge in [0, 0.05) is 5.56 Å². The van der Waals surface area contributed by atoms with E-state index in [4.69, 9.17) is 0 Å². The molecule has 118 valence electrons. The quantitative estimate of drug-likeness (QED) is 0.437. The molecule has 2 aromatic carbocycles. The highest BCUT2D eigenvalue weighted by Crippen LogP contribution is 2.25. The monoisotopic (exact) mass is 332 g/mol. The third-order valence-electron chi connectivity index (χ3n) is 3.68. The number of fused-ring (bicyclic) bond motifs is 1. The topological polar surface area (TPSA) is 54.5 Å². The molecular weight excluding hydrogens is 316 g/mol. The Balaban J connectivity index is 1.57. The Labute approximate surface area is 144 Å². The number of aryl methyl sites for hydroxylation is 1. The molecule has 2 heterocycles. The van der Waals surface area contributed by atoms with Crippen molar-refractivity contribution in [2.24, 2.45) is 0 Å². The van der Waals surface area contributed by atoms with E-state index in [-0.39, 0.29) is 0 Å². The Morgan fingerprint density at radius 2 is 1.71 bits per heavy atom. The van der Waals surface area contributed by atoms with Gasteiger partial charge in [-0.05, 0) is 25.1 Å². The lowest BCUT2D eigenvalue weighted by atomic mass is 10.1. The van der Waals surface area contributed by atoms with E-state index in [1.165, 1.54) is 0 Å². The molecule has 4 nitrogen and oxygen atoms in total. The summed E-state index contributed by atoms with van der Waals surface area (Å²) in [5.41, 5.74) is 4.12. The molecule has 5 heteroatoms. The van der Waals surface area contributed by atoms with Gasteiger partial charge in [0.2, 0.25) is 0 Å². The van der Waals surface area contributed by atoms with Crippen LogP contribution in [0.3, 0.4) is 0 Å². The summed E-state index contributed by atoms with van der Waals surface area (Å²) < 4.78 is 0. The van der Waals surface area contributed by atoms with Gasteiger partial charge in [-0.3, -0.25) is 0 Å². The largest absolute Gasteiger partial charge is 0.341 e. The van der Waals surface area contributed by atoms with Crippen molar-refractivity contribution in [2.75, 3.05) is 0 Å². The summed E-state index contributed by atoms with van der Waals surface area (Å²) in [5, 5.41) is 0.960. The van der Waals surface area contributed by atoms with Crippen LogP contribution in [-0.4, -0.2) is 19.9 Å². The maximum Gasteiger partial charge on any atom is 0.127 e. The standard InChI is InChI=1S/C19H16N4S/c1-13-20-17(14-7-3-2-4-8-14)11-19(21-13)24-12-18-22-15-9-5-6-10-16(15)23-18/h2-11H,12H2,1H3,(H,22,23). The molecule has 0 amide bonds. The van der Waals surface area contributed by atoms with Crippen molar-refractivity contribution in [3.8, 4) is 11.3 Å². The summed E-state index contributed by atoms with van der Waals surface area (Å²) >= 11 is 1.67. The Kier molecular flexibility index (Phi) is 4.01. The molecule has 0 saturated carbocycles. The minimum absolute atomic E-state index is 0.749. The van der Waals surface area contributed by atoms with Crippen LogP contribution in [0.1, 0.15) is 11.6 Å². The zero-order valence-electron chi connectivity index (χ0n) is 13.2. The van der Waals surface area contributed by atoms with E-state index in [0.717, 1.165) is 44.7 Å². The highest BCUT2D eigenvalue weighted by atomic mass is 32.2. The zero-order valence-corrected chi connectivity index (χ0v) is 14.0. The van der Waals surface area contributed by atoms with E-state index in [2.05, 4.69) is 32.1 Å². The zero-order chi connectivity index (χ0) is 16.4. The summed E-state index contributed by atoms with van der Waals surface area (Å²) in [6.07, 6.45) is 0. The molecule has 0 aliphatic rings. The second kappa shape index (κ2) is 6.45. The van der Waals surface area contributed by atoms with E-state index < -0.39 is 0 Å². The lowest BCUT2D eigenvalue weighted by Crippen LogP contribution is -1.94. The first-order valence-corrected chi connectivity index (χ1v) is 8.74. The summed E-state index contributed by atoms with van der Waals surface area (Å²) in [6, 6.07) is 20.3. The van der Waals surface area contributed by atoms with Gasteiger partial charge in [0.05, 0.1) is 22.5 Å². The molecule has 0 radical (unpaired) electrons. The van der Waals surface area contributed by atoms with Crippen LogP contribution >= 0.6 is 11.8 Å². The van der Waals surface area contributed by atoms with Gasteiger partial charge in [0.25, 0.3) is 0 Å². The Morgan fingerprint density at radius 3 is 2.54 bits per heavy atom. The van der Waals surface area contributed by atoms with E-state index in [1.807, 2.05) is 55.5 Å². The lowest BCUT2D eigenvalue weighted by Gasteiger charge is -2.05. The Morgan fingerprint density at radius 1 is 0.917 bits per heavy atom. The summed E-state index contributed by atoms with van der Waals surface area (Å²) in [5.74, 6) is 2.49. The number of nitrogens with one attached hydrogen (secondary N) is 1. The Hall–Kier alpha value is -2.66. The van der Waals surface area contributed by atoms with Gasteiger partial charge in [-0.15, -0.1) is 0 Å². The number of hydrogen-bond donors (Lipinski definition) is 1. The highest BCUT2D eigenvalue weighted by molar-refractivity contribution is 7.98. The molecule has 1 N–H and O–H groups in total. The van der Waals surface area contributed by atoms with Gasteiger partial charge in [-0.1, -0.05) is 54.2 Å². The number of nitrogens with zero attached hydrogens (tertiary/aromatic N) is 3. The number of aromatic nitrogens is 4. The van der Waals surface area contributed by atoms with Gasteiger partial charge < -0.3 is 4.98 Å². The maximum atomic E-state index is 4.61. The molecule has 2 aromatic heterocycles. The second-order valence-electron chi connectivity index (χ2n) is 5.49. The number of thioether (sulfide) groups is 1. The number of imidazole rings is 1. The van der Waals surface area contributed by atoms with Crippen molar-refractivity contribution in [3.63, 3.8) is 0 Å². The van der Waals surface area contributed by atoms with Crippen LogP contribution in [0, 0.1) is 6.92 Å². The number of hydrogen-bond acceptors (Lipinski definition) is 4. The van der Waals surface area contributed by atoms with Crippen LogP contribution in [0.4, 0.5) is 0 Å². The number of rotatable bonds is 4. The molecule has 4 rings (SSSR count). The predicted molar refractivity (Wildman–Crippen MR) is 97.9 cm³/mol. The minimum Gasteiger partial charge on any atom is -0.341 e. The van der Waals surface area contributed by atoms with Crippen molar-refractivity contribution in [3.05, 3.63) is 72.3 Å². The fraction of sp³-hybridized carbons (Fsp3) is 0.105. The third kappa shape index (κ3) is 3.16. The molecule has 0 unspecified atom stereocenters. The Bertz CT molecular complexity index is 946. The van der Waals surface area contributed by atoms with Crippen LogP contribution in [-0.2, 0) is 5.75 Å². The molecule has 0 saturated heterocycles. The van der Waals surface area contributed by atoms with Crippen molar-refractivity contribution in [2.45, 2.75) is 17.7 Å². The molecule has 0 atom stereocenters. The number of benzene rings is 2. The first-order chi connectivity index (χ1) is 11.8. The summed E-state index contributed by atoms with van der Waals surface area (Å²) in [7, 11) is 0. The SMILES string of the molecule is Cc1nc(SCc2nc3ccccc3[nH]2)cc(-c2ccccc2)n1. The average molecular weight is 332 g/mol. The van der Waals surface area contributed by atoms with E-state index in [0.29, 0.717) is 0 Å². The first kappa shape index (κ1) is 14.9. The van der Waals surface area contributed by atoms with Crippen molar-refractivity contribution in [1.82, 2.24) is 19.9 Å². The molecule has 0 aliphatic carbocycles. The molecular formula is C19H16N4S. The van der Waals surface area contributed by atoms with Gasteiger partial charge in [0.15, 0.2) is 0 Å². The number of para-hydroxylation sites is 2. The number of H-pyrrole nitrogens is 1. The molecule has 0 bridgehead atoms. The molecule has 24 heavy (non-hydrogen) atoms. The molecule has 0 aliphatic heterocycles. The van der Waals surface area contributed by atoms with Gasteiger partial charge >= 0.3 is 0 Å². The van der Waals surface area contributed by atoms with Crippen LogP contribution in [0.15, 0.2) is 65.7 Å². The van der Waals surface area contributed by atoms with Crippen LogP contribution in [0.25, 0.3) is 22.3 Å². The summed E-state index contributed by atoms with van der Waals surface area (Å²) in [6.45, 7) is 1.93.